The summed E-state index contributed by atoms with van der Waals surface area (Å²) >= 11 is 0. The standard InChI is InChI=1S/C15H22O/c1-12-5-4-6-13(2)8-10-15(9-7-12)14(3)11-16/h5,8,15H,4,6-7,9-10H2,1-3H3/b12-5+,13-8+/t15-/m1/s1. The monoisotopic (exact) mass is 218 g/mol. The Labute approximate surface area is 98.9 Å². The molecule has 1 heteroatoms. The van der Waals surface area contributed by atoms with Gasteiger partial charge in [0.05, 0.1) is 0 Å². The minimum absolute atomic E-state index is 0.383. The molecule has 0 amide bonds. The lowest BCUT2D eigenvalue weighted by molar-refractivity contribution is 0.539. The highest BCUT2D eigenvalue weighted by molar-refractivity contribution is 5.52. The fourth-order valence-corrected chi connectivity index (χ4v) is 2.09. The van der Waals surface area contributed by atoms with Crippen molar-refractivity contribution in [1.82, 2.24) is 0 Å². The van der Waals surface area contributed by atoms with Gasteiger partial charge in [0.2, 0.25) is 0 Å². The summed E-state index contributed by atoms with van der Waals surface area (Å²) < 4.78 is 0. The first-order valence-corrected chi connectivity index (χ1v) is 6.16. The lowest BCUT2D eigenvalue weighted by Crippen LogP contribution is -2.03. The van der Waals surface area contributed by atoms with Gasteiger partial charge in [-0.3, -0.25) is 0 Å². The maximum atomic E-state index is 10.7. The Morgan fingerprint density at radius 3 is 2.62 bits per heavy atom. The molecular formula is C15H22O. The van der Waals surface area contributed by atoms with E-state index >= 15 is 0 Å². The molecule has 0 saturated carbocycles. The lowest BCUT2D eigenvalue weighted by Gasteiger charge is -2.15. The van der Waals surface area contributed by atoms with E-state index in [1.807, 2.05) is 6.92 Å². The van der Waals surface area contributed by atoms with Crippen LogP contribution < -0.4 is 0 Å². The zero-order chi connectivity index (χ0) is 12.0. The molecule has 1 aliphatic rings. The third-order valence-electron chi connectivity index (χ3n) is 3.44. The summed E-state index contributed by atoms with van der Waals surface area (Å²) in [4.78, 5) is 10.7. The summed E-state index contributed by atoms with van der Waals surface area (Å²) in [6.07, 6.45) is 10.1. The van der Waals surface area contributed by atoms with Crippen molar-refractivity contribution in [2.24, 2.45) is 5.92 Å². The number of allylic oxidation sites excluding steroid dienone is 5. The molecule has 0 aromatic rings. The van der Waals surface area contributed by atoms with Gasteiger partial charge in [0, 0.05) is 5.57 Å². The van der Waals surface area contributed by atoms with Crippen molar-refractivity contribution in [3.63, 3.8) is 0 Å². The highest BCUT2D eigenvalue weighted by Gasteiger charge is 2.11. The van der Waals surface area contributed by atoms with Crippen LogP contribution in [0.2, 0.25) is 0 Å². The number of rotatable bonds is 1. The summed E-state index contributed by atoms with van der Waals surface area (Å²) in [6, 6.07) is 0. The van der Waals surface area contributed by atoms with E-state index in [-0.39, 0.29) is 0 Å². The van der Waals surface area contributed by atoms with Crippen molar-refractivity contribution in [3.8, 4) is 0 Å². The zero-order valence-corrected chi connectivity index (χ0v) is 10.7. The van der Waals surface area contributed by atoms with Crippen LogP contribution in [0, 0.1) is 5.92 Å². The van der Waals surface area contributed by atoms with Gasteiger partial charge in [-0.05, 0) is 58.8 Å². The van der Waals surface area contributed by atoms with Crippen LogP contribution in [0.25, 0.3) is 0 Å². The quantitative estimate of drug-likeness (QED) is 0.475. The molecule has 1 rings (SSSR count). The van der Waals surface area contributed by atoms with Crippen molar-refractivity contribution in [2.45, 2.75) is 52.9 Å². The van der Waals surface area contributed by atoms with Gasteiger partial charge < -0.3 is 0 Å². The maximum Gasteiger partial charge on any atom is 0.123 e. The van der Waals surface area contributed by atoms with Crippen LogP contribution in [-0.2, 0) is 4.79 Å². The first-order chi connectivity index (χ1) is 7.63. The first-order valence-electron chi connectivity index (χ1n) is 6.16. The number of carbonyl (C=O) groups excluding carboxylic acids is 1. The van der Waals surface area contributed by atoms with Gasteiger partial charge in [0.15, 0.2) is 0 Å². The normalized spacial score (nSPS) is 29.3. The van der Waals surface area contributed by atoms with Gasteiger partial charge in [-0.15, -0.1) is 0 Å². The predicted octanol–water partition coefficient (Wildman–Crippen LogP) is 4.24. The number of hydrogen-bond donors (Lipinski definition) is 0. The molecule has 0 bridgehead atoms. The molecule has 0 aliphatic heterocycles. The Hall–Kier alpha value is -1.07. The third kappa shape index (κ3) is 4.20. The van der Waals surface area contributed by atoms with Gasteiger partial charge >= 0.3 is 0 Å². The van der Waals surface area contributed by atoms with Crippen LogP contribution >= 0.6 is 0 Å². The minimum Gasteiger partial charge on any atom is -0.234 e. The Bertz CT molecular complexity index is 340. The fourth-order valence-electron chi connectivity index (χ4n) is 2.09. The topological polar surface area (TPSA) is 17.1 Å². The van der Waals surface area contributed by atoms with Gasteiger partial charge in [-0.25, -0.2) is 4.79 Å². The molecule has 0 aromatic carbocycles. The fraction of sp³-hybridized carbons (Fsp3) is 0.600. The molecule has 0 radical (unpaired) electrons. The van der Waals surface area contributed by atoms with E-state index in [0.29, 0.717) is 5.92 Å². The molecule has 1 atom stereocenters. The second kappa shape index (κ2) is 6.50. The average molecular weight is 218 g/mol. The molecule has 0 fully saturated rings. The molecule has 16 heavy (non-hydrogen) atoms. The Morgan fingerprint density at radius 2 is 1.94 bits per heavy atom. The molecular weight excluding hydrogens is 196 g/mol. The molecule has 0 heterocycles. The molecule has 0 saturated heterocycles. The van der Waals surface area contributed by atoms with E-state index in [2.05, 4.69) is 31.9 Å². The predicted molar refractivity (Wildman–Crippen MR) is 69.0 cm³/mol. The van der Waals surface area contributed by atoms with E-state index in [1.54, 1.807) is 0 Å². The van der Waals surface area contributed by atoms with Gasteiger partial charge in [-0.1, -0.05) is 23.3 Å². The van der Waals surface area contributed by atoms with E-state index in [4.69, 9.17) is 0 Å². The first kappa shape index (κ1) is 13.0. The lowest BCUT2D eigenvalue weighted by atomic mass is 9.89. The molecule has 1 nitrogen and oxygen atoms in total. The van der Waals surface area contributed by atoms with E-state index in [0.717, 1.165) is 37.7 Å². The van der Waals surface area contributed by atoms with Crippen LogP contribution in [-0.4, -0.2) is 5.94 Å². The average Bonchev–Trinajstić information content (AvgIpc) is 2.28. The Morgan fingerprint density at radius 1 is 1.25 bits per heavy atom. The van der Waals surface area contributed by atoms with E-state index in [9.17, 15) is 4.79 Å². The van der Waals surface area contributed by atoms with Crippen molar-refractivity contribution in [3.05, 3.63) is 28.9 Å². The zero-order valence-electron chi connectivity index (χ0n) is 10.7. The summed E-state index contributed by atoms with van der Waals surface area (Å²) in [5.41, 5.74) is 3.77. The van der Waals surface area contributed by atoms with Crippen LogP contribution in [0.15, 0.2) is 28.9 Å². The summed E-state index contributed by atoms with van der Waals surface area (Å²) in [5.74, 6) is 2.45. The molecule has 0 unspecified atom stereocenters. The molecule has 88 valence electrons. The highest BCUT2D eigenvalue weighted by atomic mass is 16.1. The minimum atomic E-state index is 0.383. The molecule has 0 spiro atoms. The Balaban J connectivity index is 2.79. The number of hydrogen-bond acceptors (Lipinski definition) is 1. The SMILES string of the molecule is CC(=C=O)[C@H]1C/C=C(\C)CC/C=C(\C)CC1. The maximum absolute atomic E-state index is 10.7. The highest BCUT2D eigenvalue weighted by Crippen LogP contribution is 2.24. The van der Waals surface area contributed by atoms with E-state index < -0.39 is 0 Å². The summed E-state index contributed by atoms with van der Waals surface area (Å²) in [5, 5.41) is 0. The van der Waals surface area contributed by atoms with Crippen molar-refractivity contribution >= 4 is 5.94 Å². The van der Waals surface area contributed by atoms with E-state index in [1.165, 1.54) is 11.1 Å². The van der Waals surface area contributed by atoms with Crippen molar-refractivity contribution < 1.29 is 4.79 Å². The van der Waals surface area contributed by atoms with Crippen molar-refractivity contribution in [2.75, 3.05) is 0 Å². The van der Waals surface area contributed by atoms with Gasteiger partial charge in [0.1, 0.15) is 5.94 Å². The third-order valence-corrected chi connectivity index (χ3v) is 3.44. The molecule has 1 aliphatic carbocycles. The summed E-state index contributed by atoms with van der Waals surface area (Å²) in [6.45, 7) is 6.28. The summed E-state index contributed by atoms with van der Waals surface area (Å²) in [7, 11) is 0. The van der Waals surface area contributed by atoms with Crippen molar-refractivity contribution in [1.29, 1.82) is 0 Å². The van der Waals surface area contributed by atoms with Crippen LogP contribution in [0.3, 0.4) is 0 Å². The van der Waals surface area contributed by atoms with Gasteiger partial charge in [-0.2, -0.15) is 0 Å². The largest absolute Gasteiger partial charge is 0.234 e. The Kier molecular flexibility index (Phi) is 5.28. The molecule has 0 N–H and O–H groups in total. The molecule has 0 aromatic heterocycles. The van der Waals surface area contributed by atoms with Gasteiger partial charge in [0.25, 0.3) is 0 Å². The van der Waals surface area contributed by atoms with Crippen LogP contribution in [0.1, 0.15) is 52.9 Å². The second-order valence-corrected chi connectivity index (χ2v) is 4.90. The van der Waals surface area contributed by atoms with Crippen LogP contribution in [0.5, 0.6) is 0 Å². The smallest absolute Gasteiger partial charge is 0.123 e. The van der Waals surface area contributed by atoms with Crippen LogP contribution in [0.4, 0.5) is 0 Å². The second-order valence-electron chi connectivity index (χ2n) is 4.90.